The van der Waals surface area contributed by atoms with Crippen LogP contribution in [0.5, 0.6) is 0 Å². The second kappa shape index (κ2) is 13.1. The van der Waals surface area contributed by atoms with Gasteiger partial charge in [-0.1, -0.05) is 36.9 Å². The Hall–Kier alpha value is -3.31. The minimum atomic E-state index is -4.36. The van der Waals surface area contributed by atoms with Gasteiger partial charge in [0.1, 0.15) is 5.82 Å². The molecule has 2 aromatic carbocycles. The topological polar surface area (TPSA) is 70.6 Å². The van der Waals surface area contributed by atoms with Gasteiger partial charge in [-0.3, -0.25) is 4.79 Å². The van der Waals surface area contributed by atoms with Gasteiger partial charge >= 0.3 is 6.18 Å². The molecule has 11 heteroatoms. The van der Waals surface area contributed by atoms with Crippen LogP contribution in [-0.2, 0) is 23.1 Å². The number of benzene rings is 2. The molecule has 3 heterocycles. The number of thioether (sulfide) groups is 1. The summed E-state index contributed by atoms with van der Waals surface area (Å²) in [6, 6.07) is 15.1. The van der Waals surface area contributed by atoms with Crippen molar-refractivity contribution < 1.29 is 22.7 Å². The van der Waals surface area contributed by atoms with E-state index in [9.17, 15) is 18.0 Å². The molecular weight excluding hydrogens is 551 g/mol. The SMILES string of the molecule is CCc1cc(N2CCN(c3cccc(C(F)(F)F)c3)CC2)nc(SCc2ccc(C(=O)NC[C@@H]3CCCO3)cc2)n1. The number of piperazine rings is 1. The summed E-state index contributed by atoms with van der Waals surface area (Å²) in [7, 11) is 0. The van der Waals surface area contributed by atoms with Crippen LogP contribution in [0, 0.1) is 0 Å². The van der Waals surface area contributed by atoms with E-state index in [0.29, 0.717) is 54.9 Å². The fourth-order valence-corrected chi connectivity index (χ4v) is 5.78. The second-order valence-corrected chi connectivity index (χ2v) is 11.1. The van der Waals surface area contributed by atoms with Crippen LogP contribution in [-0.4, -0.2) is 61.3 Å². The Morgan fingerprint density at radius 1 is 1.05 bits per heavy atom. The second-order valence-electron chi connectivity index (χ2n) is 10.2. The van der Waals surface area contributed by atoms with E-state index in [1.807, 2.05) is 35.2 Å². The van der Waals surface area contributed by atoms with Crippen LogP contribution in [0.25, 0.3) is 0 Å². The molecule has 1 aromatic heterocycles. The first-order valence-corrected chi connectivity index (χ1v) is 14.9. The lowest BCUT2D eigenvalue weighted by atomic mass is 10.1. The molecule has 0 aliphatic carbocycles. The fraction of sp³-hybridized carbons (Fsp3) is 0.433. The van der Waals surface area contributed by atoms with Crippen molar-refractivity contribution in [2.75, 3.05) is 49.1 Å². The van der Waals surface area contributed by atoms with Gasteiger partial charge in [-0.05, 0) is 55.2 Å². The van der Waals surface area contributed by atoms with Gasteiger partial charge in [0.2, 0.25) is 0 Å². The zero-order valence-electron chi connectivity index (χ0n) is 23.0. The number of amides is 1. The molecule has 2 fully saturated rings. The van der Waals surface area contributed by atoms with Gasteiger partial charge in [0.05, 0.1) is 11.7 Å². The van der Waals surface area contributed by atoms with Crippen molar-refractivity contribution >= 4 is 29.2 Å². The number of hydrogen-bond acceptors (Lipinski definition) is 7. The minimum absolute atomic E-state index is 0.100. The molecular formula is C30H34F3N5O2S. The number of nitrogens with zero attached hydrogens (tertiary/aromatic N) is 4. The van der Waals surface area contributed by atoms with E-state index in [1.165, 1.54) is 12.1 Å². The molecule has 2 aliphatic rings. The highest BCUT2D eigenvalue weighted by Gasteiger charge is 2.31. The van der Waals surface area contributed by atoms with Crippen molar-refractivity contribution in [3.8, 4) is 0 Å². The molecule has 1 N–H and O–H groups in total. The zero-order valence-corrected chi connectivity index (χ0v) is 23.8. The van der Waals surface area contributed by atoms with Crippen LogP contribution in [0.15, 0.2) is 59.8 Å². The molecule has 41 heavy (non-hydrogen) atoms. The molecule has 0 unspecified atom stereocenters. The molecule has 0 spiro atoms. The molecule has 218 valence electrons. The Labute approximate surface area is 242 Å². The first-order chi connectivity index (χ1) is 19.8. The molecule has 5 rings (SSSR count). The summed E-state index contributed by atoms with van der Waals surface area (Å²) >= 11 is 1.54. The summed E-state index contributed by atoms with van der Waals surface area (Å²) in [5, 5.41) is 3.63. The lowest BCUT2D eigenvalue weighted by Gasteiger charge is -2.37. The van der Waals surface area contributed by atoms with E-state index in [1.54, 1.807) is 17.8 Å². The minimum Gasteiger partial charge on any atom is -0.376 e. The number of halogens is 3. The normalized spacial score (nSPS) is 17.6. The van der Waals surface area contributed by atoms with Crippen molar-refractivity contribution in [3.63, 3.8) is 0 Å². The predicted octanol–water partition coefficient (Wildman–Crippen LogP) is 5.59. The predicted molar refractivity (Wildman–Crippen MR) is 155 cm³/mol. The standard InChI is InChI=1S/C30H34F3N5O2S/c1-2-24-18-27(38-14-12-37(13-15-38)25-6-3-5-23(17-25)30(31,32)33)36-29(35-24)41-20-21-8-10-22(11-9-21)28(39)34-19-26-7-4-16-40-26/h3,5-6,8-11,17-18,26H,2,4,7,12-16,19-20H2,1H3,(H,34,39)/t26-/m0/s1. The molecule has 2 aliphatic heterocycles. The Balaban J connectivity index is 1.17. The molecule has 0 bridgehead atoms. The van der Waals surface area contributed by atoms with Gasteiger partial charge in [0, 0.05) is 68.1 Å². The molecule has 3 aromatic rings. The molecule has 0 saturated carbocycles. The number of alkyl halides is 3. The lowest BCUT2D eigenvalue weighted by Crippen LogP contribution is -2.47. The number of hydrogen-bond donors (Lipinski definition) is 1. The summed E-state index contributed by atoms with van der Waals surface area (Å²) in [5.74, 6) is 1.39. The highest BCUT2D eigenvalue weighted by atomic mass is 32.2. The first kappa shape index (κ1) is 29.2. The van der Waals surface area contributed by atoms with E-state index in [4.69, 9.17) is 14.7 Å². The fourth-order valence-electron chi connectivity index (χ4n) is 4.95. The van der Waals surface area contributed by atoms with Gasteiger partial charge < -0.3 is 19.9 Å². The maximum Gasteiger partial charge on any atom is 0.416 e. The third-order valence-corrected chi connectivity index (χ3v) is 8.27. The van der Waals surface area contributed by atoms with Gasteiger partial charge in [-0.2, -0.15) is 13.2 Å². The van der Waals surface area contributed by atoms with Crippen molar-refractivity contribution in [2.24, 2.45) is 0 Å². The number of rotatable bonds is 9. The van der Waals surface area contributed by atoms with E-state index in [2.05, 4.69) is 17.1 Å². The molecule has 7 nitrogen and oxygen atoms in total. The summed E-state index contributed by atoms with van der Waals surface area (Å²) in [4.78, 5) is 26.1. The lowest BCUT2D eigenvalue weighted by molar-refractivity contribution is -0.137. The van der Waals surface area contributed by atoms with Crippen LogP contribution in [0.4, 0.5) is 24.7 Å². The number of ether oxygens (including phenoxy) is 1. The number of carbonyl (C=O) groups excluding carboxylic acids is 1. The Morgan fingerprint density at radius 2 is 1.80 bits per heavy atom. The smallest absolute Gasteiger partial charge is 0.376 e. The molecule has 1 amide bonds. The van der Waals surface area contributed by atoms with Crippen molar-refractivity contribution in [1.82, 2.24) is 15.3 Å². The van der Waals surface area contributed by atoms with Gasteiger partial charge in [-0.25, -0.2) is 9.97 Å². The summed E-state index contributed by atoms with van der Waals surface area (Å²) in [5.41, 5.74) is 2.57. The van der Waals surface area contributed by atoms with Crippen molar-refractivity contribution in [1.29, 1.82) is 0 Å². The van der Waals surface area contributed by atoms with Crippen molar-refractivity contribution in [2.45, 2.75) is 49.4 Å². The average molecular weight is 586 g/mol. The Bertz CT molecular complexity index is 1320. The molecule has 0 radical (unpaired) electrons. The van der Waals surface area contributed by atoms with Gasteiger partial charge in [0.25, 0.3) is 5.91 Å². The average Bonchev–Trinajstić information content (AvgIpc) is 3.52. The van der Waals surface area contributed by atoms with E-state index in [0.717, 1.165) is 49.0 Å². The molecule has 2 saturated heterocycles. The van der Waals surface area contributed by atoms with Crippen LogP contribution < -0.4 is 15.1 Å². The summed E-state index contributed by atoms with van der Waals surface area (Å²) in [6.07, 6.45) is -1.46. The van der Waals surface area contributed by atoms with Crippen molar-refractivity contribution in [3.05, 3.63) is 77.0 Å². The zero-order chi connectivity index (χ0) is 28.8. The molecule has 1 atom stereocenters. The van der Waals surface area contributed by atoms with E-state index >= 15 is 0 Å². The van der Waals surface area contributed by atoms with E-state index in [-0.39, 0.29) is 12.0 Å². The number of anilines is 2. The quantitative estimate of drug-likeness (QED) is 0.260. The van der Waals surface area contributed by atoms with Crippen LogP contribution in [0.1, 0.15) is 46.9 Å². The maximum absolute atomic E-state index is 13.2. The largest absolute Gasteiger partial charge is 0.416 e. The third-order valence-electron chi connectivity index (χ3n) is 7.35. The number of carbonyl (C=O) groups is 1. The van der Waals surface area contributed by atoms with Gasteiger partial charge in [0.15, 0.2) is 5.16 Å². The number of aryl methyl sites for hydroxylation is 1. The van der Waals surface area contributed by atoms with E-state index < -0.39 is 11.7 Å². The summed E-state index contributed by atoms with van der Waals surface area (Å²) in [6.45, 7) is 5.84. The Kier molecular flexibility index (Phi) is 9.34. The van der Waals surface area contributed by atoms with Crippen LogP contribution >= 0.6 is 11.8 Å². The highest BCUT2D eigenvalue weighted by molar-refractivity contribution is 7.98. The monoisotopic (exact) mass is 585 g/mol. The van der Waals surface area contributed by atoms with Gasteiger partial charge in [-0.15, -0.1) is 0 Å². The van der Waals surface area contributed by atoms with Crippen LogP contribution in [0.2, 0.25) is 0 Å². The highest BCUT2D eigenvalue weighted by Crippen LogP contribution is 2.32. The first-order valence-electron chi connectivity index (χ1n) is 13.9. The Morgan fingerprint density at radius 3 is 2.49 bits per heavy atom. The number of nitrogens with one attached hydrogen (secondary N) is 1. The third kappa shape index (κ3) is 7.71. The number of aromatic nitrogens is 2. The summed E-state index contributed by atoms with van der Waals surface area (Å²) < 4.78 is 45.1. The maximum atomic E-state index is 13.2. The van der Waals surface area contributed by atoms with Crippen LogP contribution in [0.3, 0.4) is 0 Å².